The normalized spacial score (nSPS) is 14.6. The number of benzene rings is 1. The molecule has 1 rings (SSSR count). The molecular weight excluding hydrogens is 816 g/mol. The molecule has 1 aromatic carbocycles. The molecule has 0 heterocycles. The molecule has 0 N–H and O–H groups in total. The van der Waals surface area contributed by atoms with Gasteiger partial charge in [-0.25, -0.2) is 4.79 Å². The van der Waals surface area contributed by atoms with Crippen molar-refractivity contribution < 1.29 is 66.6 Å². The first-order chi connectivity index (χ1) is 13.5. The molecule has 0 amide bonds. The second-order valence-corrected chi connectivity index (χ2v) is 9.03. The number of carbonyl (C=O) groups is 1. The van der Waals surface area contributed by atoms with Crippen molar-refractivity contribution in [3.05, 3.63) is 22.8 Å². The van der Waals surface area contributed by atoms with Crippen LogP contribution in [0.25, 0.3) is 0 Å². The molecule has 0 aliphatic rings. The van der Waals surface area contributed by atoms with Crippen molar-refractivity contribution >= 4 is 73.7 Å². The molecule has 18 heteroatoms. The van der Waals surface area contributed by atoms with E-state index in [1.54, 1.807) is 22.6 Å². The summed E-state index contributed by atoms with van der Waals surface area (Å²) in [5, 5.41) is 0. The highest BCUT2D eigenvalue weighted by Crippen LogP contribution is 2.60. The Kier molecular flexibility index (Phi) is 8.08. The lowest BCUT2D eigenvalue weighted by Gasteiger charge is -2.38. The number of alkyl halides is 13. The zero-order valence-electron chi connectivity index (χ0n) is 13.5. The molecule has 0 radical (unpaired) electrons. The van der Waals surface area contributed by atoms with E-state index < -0.39 is 47.5 Å². The first-order valence-electron chi connectivity index (χ1n) is 6.79. The highest BCUT2D eigenvalue weighted by molar-refractivity contribution is 14.1. The quantitative estimate of drug-likeness (QED) is 0.132. The lowest BCUT2D eigenvalue weighted by Crippen LogP contribution is -2.71. The fourth-order valence-electron chi connectivity index (χ4n) is 1.68. The summed E-state index contributed by atoms with van der Waals surface area (Å²) in [4.78, 5) is 11.4. The van der Waals surface area contributed by atoms with E-state index in [1.807, 2.05) is 0 Å². The predicted molar refractivity (Wildman–Crippen MR) is 101 cm³/mol. The minimum atomic E-state index is -8.09. The van der Waals surface area contributed by atoms with Crippen LogP contribution in [-0.2, 0) is 4.79 Å². The van der Waals surface area contributed by atoms with Gasteiger partial charge >= 0.3 is 41.8 Å². The Morgan fingerprint density at radius 3 is 1.35 bits per heavy atom. The van der Waals surface area contributed by atoms with E-state index in [9.17, 15) is 61.9 Å². The van der Waals surface area contributed by atoms with E-state index in [-0.39, 0.29) is 7.14 Å². The van der Waals surface area contributed by atoms with Crippen LogP contribution < -0.4 is 4.74 Å². The molecule has 0 aliphatic carbocycles. The molecule has 0 spiro atoms. The highest BCUT2D eigenvalue weighted by atomic mass is 127. The average molecular weight is 818 g/mol. The molecule has 2 nitrogen and oxygen atoms in total. The lowest BCUT2D eigenvalue weighted by molar-refractivity contribution is -0.436. The maximum atomic E-state index is 13.8. The minimum absolute atomic E-state index is 0.220. The van der Waals surface area contributed by atoms with Gasteiger partial charge in [0.15, 0.2) is 5.75 Å². The van der Waals surface area contributed by atoms with Crippen LogP contribution in [0.3, 0.4) is 0 Å². The van der Waals surface area contributed by atoms with Crippen LogP contribution in [0.15, 0.2) is 12.1 Å². The zero-order chi connectivity index (χ0) is 25.0. The van der Waals surface area contributed by atoms with E-state index in [0.29, 0.717) is 3.57 Å². The Bertz CT molecular complexity index is 844. The summed E-state index contributed by atoms with van der Waals surface area (Å²) >= 11 is 4.34. The number of rotatable bonds is 6. The van der Waals surface area contributed by atoms with Crippen LogP contribution in [-0.4, -0.2) is 41.8 Å². The molecular formula is C13H2F13I3O2. The van der Waals surface area contributed by atoms with Crippen LogP contribution in [0.4, 0.5) is 57.1 Å². The first-order valence-corrected chi connectivity index (χ1v) is 10.0. The van der Waals surface area contributed by atoms with Crippen molar-refractivity contribution in [3.63, 3.8) is 0 Å². The van der Waals surface area contributed by atoms with Crippen molar-refractivity contribution in [2.24, 2.45) is 0 Å². The maximum absolute atomic E-state index is 13.8. The van der Waals surface area contributed by atoms with E-state index in [0.717, 1.165) is 12.1 Å². The number of hydrogen-bond donors (Lipinski definition) is 0. The molecule has 0 aliphatic heterocycles. The zero-order valence-corrected chi connectivity index (χ0v) is 20.0. The van der Waals surface area contributed by atoms with Crippen molar-refractivity contribution in [2.45, 2.75) is 35.8 Å². The molecule has 0 aromatic heterocycles. The Hall–Kier alpha value is -0.0300. The Balaban J connectivity index is 3.48. The molecule has 1 aromatic rings. The van der Waals surface area contributed by atoms with Gasteiger partial charge in [-0.15, -0.1) is 0 Å². The van der Waals surface area contributed by atoms with Gasteiger partial charge in [0.05, 0.1) is 7.14 Å². The van der Waals surface area contributed by atoms with Gasteiger partial charge < -0.3 is 4.74 Å². The van der Waals surface area contributed by atoms with Crippen LogP contribution in [0, 0.1) is 10.7 Å². The molecule has 0 unspecified atom stereocenters. The summed E-state index contributed by atoms with van der Waals surface area (Å²) in [6.45, 7) is 0. The monoisotopic (exact) mass is 818 g/mol. The van der Waals surface area contributed by atoms with E-state index >= 15 is 0 Å². The third-order valence-electron chi connectivity index (χ3n) is 3.35. The van der Waals surface area contributed by atoms with Crippen molar-refractivity contribution in [3.8, 4) is 5.75 Å². The number of carbonyl (C=O) groups excluding carboxylic acids is 1. The van der Waals surface area contributed by atoms with Crippen molar-refractivity contribution in [1.82, 2.24) is 0 Å². The van der Waals surface area contributed by atoms with Crippen LogP contribution >= 0.6 is 67.8 Å². The topological polar surface area (TPSA) is 26.3 Å². The van der Waals surface area contributed by atoms with Gasteiger partial charge in [-0.1, -0.05) is 0 Å². The summed E-state index contributed by atoms with van der Waals surface area (Å²) in [5.74, 6) is -43.2. The summed E-state index contributed by atoms with van der Waals surface area (Å²) in [6.07, 6.45) is -7.53. The molecule has 0 saturated heterocycles. The van der Waals surface area contributed by atoms with Gasteiger partial charge in [0.25, 0.3) is 0 Å². The Labute approximate surface area is 203 Å². The largest absolute Gasteiger partial charge is 0.460 e. The van der Waals surface area contributed by atoms with Gasteiger partial charge in [0.2, 0.25) is 0 Å². The summed E-state index contributed by atoms with van der Waals surface area (Å²) in [6, 6.07) is 2.24. The summed E-state index contributed by atoms with van der Waals surface area (Å²) in [5.41, 5.74) is 0. The molecule has 0 atom stereocenters. The first kappa shape index (κ1) is 29.0. The SMILES string of the molecule is O=C(Oc1c(I)cc(I)cc1I)C(F)(F)C(F)(F)C(F)(F)C(F)(F)C(F)(F)C(F)(F)F. The number of halogens is 16. The van der Waals surface area contributed by atoms with Gasteiger partial charge in [-0.3, -0.25) is 0 Å². The molecule has 0 fully saturated rings. The summed E-state index contributed by atoms with van der Waals surface area (Å²) < 4.78 is 173. The standard InChI is InChI=1S/C13H2F13I3O2/c14-8(15,7(30)31-6-4(28)1-3(27)2-5(6)29)9(16,17)10(18,19)11(20,21)12(22,23)13(24,25)26/h1-2H. The molecule has 0 saturated carbocycles. The van der Waals surface area contributed by atoms with Gasteiger partial charge in [0.1, 0.15) is 0 Å². The lowest BCUT2D eigenvalue weighted by atomic mass is 9.94. The van der Waals surface area contributed by atoms with E-state index in [1.165, 1.54) is 45.2 Å². The fourth-order valence-corrected chi connectivity index (χ4v) is 5.48. The van der Waals surface area contributed by atoms with Crippen molar-refractivity contribution in [1.29, 1.82) is 0 Å². The number of hydrogen-bond acceptors (Lipinski definition) is 2. The van der Waals surface area contributed by atoms with Gasteiger partial charge in [0, 0.05) is 3.57 Å². The Morgan fingerprint density at radius 2 is 1.00 bits per heavy atom. The number of esters is 1. The van der Waals surface area contributed by atoms with E-state index in [4.69, 9.17) is 0 Å². The highest BCUT2D eigenvalue weighted by Gasteiger charge is 2.92. The molecule has 31 heavy (non-hydrogen) atoms. The van der Waals surface area contributed by atoms with Crippen LogP contribution in [0.1, 0.15) is 0 Å². The minimum Gasteiger partial charge on any atom is -0.420 e. The second-order valence-electron chi connectivity index (χ2n) is 5.46. The Morgan fingerprint density at radius 1 is 0.645 bits per heavy atom. The van der Waals surface area contributed by atoms with E-state index in [2.05, 4.69) is 4.74 Å². The fraction of sp³-hybridized carbons (Fsp3) is 0.462. The average Bonchev–Trinajstić information content (AvgIpc) is 2.55. The molecule has 0 bridgehead atoms. The van der Waals surface area contributed by atoms with Gasteiger partial charge in [-0.2, -0.15) is 57.1 Å². The van der Waals surface area contributed by atoms with Crippen LogP contribution in [0.2, 0.25) is 0 Å². The smallest absolute Gasteiger partial charge is 0.420 e. The number of ether oxygens (including phenoxy) is 1. The van der Waals surface area contributed by atoms with Crippen molar-refractivity contribution in [2.75, 3.05) is 0 Å². The third kappa shape index (κ3) is 4.66. The second kappa shape index (κ2) is 8.64. The summed E-state index contributed by atoms with van der Waals surface area (Å²) in [7, 11) is 0. The maximum Gasteiger partial charge on any atom is 0.460 e. The molecule has 178 valence electrons. The van der Waals surface area contributed by atoms with Gasteiger partial charge in [-0.05, 0) is 79.9 Å². The predicted octanol–water partition coefficient (Wildman–Crippen LogP) is 7.14. The third-order valence-corrected chi connectivity index (χ3v) is 5.57. The van der Waals surface area contributed by atoms with Crippen LogP contribution in [0.5, 0.6) is 5.75 Å².